The quantitative estimate of drug-likeness (QED) is 0.397. The van der Waals surface area contributed by atoms with Crippen LogP contribution in [-0.2, 0) is 4.74 Å². The number of piperidine rings is 1. The normalized spacial score (nSPS) is 33.0. The maximum atomic E-state index is 10.5. The molecule has 2 N–H and O–H groups in total. The largest absolute Gasteiger partial charge is 0.392 e. The van der Waals surface area contributed by atoms with Crippen LogP contribution in [0.4, 0.5) is 0 Å². The van der Waals surface area contributed by atoms with Gasteiger partial charge in [0.25, 0.3) is 0 Å². The molecule has 3 fully saturated rings. The molecule has 1 aliphatic heterocycles. The van der Waals surface area contributed by atoms with Crippen molar-refractivity contribution in [1.82, 2.24) is 4.90 Å². The van der Waals surface area contributed by atoms with E-state index in [1.165, 1.54) is 50.8 Å². The molecule has 0 aromatic rings. The molecule has 0 aromatic heterocycles. The van der Waals surface area contributed by atoms with Gasteiger partial charge in [-0.2, -0.15) is 0 Å². The summed E-state index contributed by atoms with van der Waals surface area (Å²) in [5, 5.41) is 20.7. The minimum Gasteiger partial charge on any atom is -0.392 e. The molecule has 1 saturated heterocycles. The lowest BCUT2D eigenvalue weighted by molar-refractivity contribution is 0.114. The number of fused-ring (bicyclic) bond motifs is 1. The van der Waals surface area contributed by atoms with Crippen LogP contribution in [0, 0.1) is 17.8 Å². The lowest BCUT2D eigenvalue weighted by Crippen LogP contribution is -2.32. The fourth-order valence-corrected chi connectivity index (χ4v) is 5.53. The molecule has 0 amide bonds. The van der Waals surface area contributed by atoms with Crippen molar-refractivity contribution in [2.45, 2.75) is 83.3 Å². The lowest BCUT2D eigenvalue weighted by atomic mass is 9.90. The van der Waals surface area contributed by atoms with Gasteiger partial charge in [0.1, 0.15) is 0 Å². The molecular formula is C25H43NO3. The molecular weight excluding hydrogens is 362 g/mol. The third-order valence-electron chi connectivity index (χ3n) is 7.26. The van der Waals surface area contributed by atoms with Gasteiger partial charge in [0.15, 0.2) is 0 Å². The highest BCUT2D eigenvalue weighted by Crippen LogP contribution is 2.50. The monoisotopic (exact) mass is 405 g/mol. The Bertz CT molecular complexity index is 526. The summed E-state index contributed by atoms with van der Waals surface area (Å²) < 4.78 is 5.88. The first-order chi connectivity index (χ1) is 14.2. The van der Waals surface area contributed by atoms with E-state index < -0.39 is 0 Å². The zero-order valence-corrected chi connectivity index (χ0v) is 18.5. The summed E-state index contributed by atoms with van der Waals surface area (Å²) >= 11 is 0. The summed E-state index contributed by atoms with van der Waals surface area (Å²) in [4.78, 5) is 2.52. The second kappa shape index (κ2) is 12.2. The van der Waals surface area contributed by atoms with Gasteiger partial charge >= 0.3 is 0 Å². The third-order valence-corrected chi connectivity index (χ3v) is 7.26. The summed E-state index contributed by atoms with van der Waals surface area (Å²) in [5.74, 6) is 1.33. The van der Waals surface area contributed by atoms with Gasteiger partial charge in [-0.05, 0) is 63.5 Å². The summed E-state index contributed by atoms with van der Waals surface area (Å²) in [5.41, 5.74) is 1.51. The summed E-state index contributed by atoms with van der Waals surface area (Å²) in [7, 11) is 0. The summed E-state index contributed by atoms with van der Waals surface area (Å²) in [6, 6.07) is 0. The fraction of sp³-hybridized carbons (Fsp3) is 0.840. The van der Waals surface area contributed by atoms with Gasteiger partial charge in [-0.25, -0.2) is 0 Å². The van der Waals surface area contributed by atoms with Crippen LogP contribution in [-0.4, -0.2) is 60.2 Å². The molecule has 3 aliphatic rings. The lowest BCUT2D eigenvalue weighted by Gasteiger charge is -2.25. The molecule has 0 aromatic carbocycles. The van der Waals surface area contributed by atoms with E-state index in [-0.39, 0.29) is 18.1 Å². The summed E-state index contributed by atoms with van der Waals surface area (Å²) in [6.07, 6.45) is 17.2. The highest BCUT2D eigenvalue weighted by molar-refractivity contribution is 5.18. The molecule has 29 heavy (non-hydrogen) atoms. The molecule has 0 spiro atoms. The zero-order valence-electron chi connectivity index (χ0n) is 18.5. The van der Waals surface area contributed by atoms with E-state index >= 15 is 0 Å². The maximum Gasteiger partial charge on any atom is 0.0721 e. The Morgan fingerprint density at radius 1 is 1.17 bits per heavy atom. The standard InChI is InChI=1S/C25H43NO3/c1-2-3-5-8-22(27)9-10-23-24-18-20(17-21(24)19-25(23)28)11-15-29-16-14-26-12-6-4-7-13-26/h9-11,21-25,27-28H,2-8,12-19H2,1H3/t21-,22-,23+,24-,25+/m0/s1. The number of ether oxygens (including phenoxy) is 1. The Kier molecular flexibility index (Phi) is 9.71. The first-order valence-electron chi connectivity index (χ1n) is 12.2. The number of rotatable bonds is 11. The number of likely N-dealkylation sites (tertiary alicyclic amines) is 1. The smallest absolute Gasteiger partial charge is 0.0721 e. The van der Waals surface area contributed by atoms with Crippen LogP contribution in [0.1, 0.15) is 71.1 Å². The van der Waals surface area contributed by atoms with E-state index in [1.807, 2.05) is 6.08 Å². The number of unbranched alkanes of at least 4 members (excludes halogenated alkanes) is 2. The van der Waals surface area contributed by atoms with Crippen LogP contribution in [0.2, 0.25) is 0 Å². The Balaban J connectivity index is 1.38. The van der Waals surface area contributed by atoms with E-state index in [1.54, 1.807) is 0 Å². The van der Waals surface area contributed by atoms with Crippen LogP contribution < -0.4 is 0 Å². The average molecular weight is 406 g/mol. The van der Waals surface area contributed by atoms with Crippen LogP contribution >= 0.6 is 0 Å². The topological polar surface area (TPSA) is 52.9 Å². The SMILES string of the molecule is CCCCC[C@H](O)C=C[C@@H]1[C@H]2CC(=CCOCCN3CCCCC3)C[C@H]2C[C@H]1O. The number of hydrogen-bond acceptors (Lipinski definition) is 4. The average Bonchev–Trinajstić information content (AvgIpc) is 3.23. The number of aliphatic hydroxyl groups excluding tert-OH is 2. The second-order valence-corrected chi connectivity index (χ2v) is 9.50. The maximum absolute atomic E-state index is 10.5. The Labute approximate surface area is 178 Å². The molecule has 0 radical (unpaired) electrons. The third kappa shape index (κ3) is 7.20. The van der Waals surface area contributed by atoms with Gasteiger partial charge in [-0.3, -0.25) is 0 Å². The molecule has 1 heterocycles. The van der Waals surface area contributed by atoms with E-state index in [0.717, 1.165) is 51.9 Å². The highest BCUT2D eigenvalue weighted by Gasteiger charge is 2.44. The first-order valence-corrected chi connectivity index (χ1v) is 12.2. The van der Waals surface area contributed by atoms with Crippen molar-refractivity contribution in [1.29, 1.82) is 0 Å². The van der Waals surface area contributed by atoms with Crippen molar-refractivity contribution in [3.05, 3.63) is 23.8 Å². The predicted octanol–water partition coefficient (Wildman–Crippen LogP) is 4.32. The van der Waals surface area contributed by atoms with Gasteiger partial charge in [-0.15, -0.1) is 0 Å². The van der Waals surface area contributed by atoms with Gasteiger partial charge < -0.3 is 19.8 Å². The number of aliphatic hydroxyl groups is 2. The molecule has 2 aliphatic carbocycles. The van der Waals surface area contributed by atoms with E-state index in [9.17, 15) is 10.2 Å². The molecule has 0 unspecified atom stereocenters. The predicted molar refractivity (Wildman–Crippen MR) is 119 cm³/mol. The number of nitrogens with zero attached hydrogens (tertiary/aromatic N) is 1. The molecule has 2 saturated carbocycles. The van der Waals surface area contributed by atoms with Crippen LogP contribution in [0.3, 0.4) is 0 Å². The van der Waals surface area contributed by atoms with Crippen molar-refractivity contribution in [3.8, 4) is 0 Å². The van der Waals surface area contributed by atoms with Gasteiger partial charge in [0.2, 0.25) is 0 Å². The molecule has 5 atom stereocenters. The second-order valence-electron chi connectivity index (χ2n) is 9.50. The summed E-state index contributed by atoms with van der Waals surface area (Å²) in [6.45, 7) is 7.27. The number of hydrogen-bond donors (Lipinski definition) is 2. The van der Waals surface area contributed by atoms with Crippen molar-refractivity contribution in [2.24, 2.45) is 17.8 Å². The van der Waals surface area contributed by atoms with Crippen LogP contribution in [0.5, 0.6) is 0 Å². The van der Waals surface area contributed by atoms with Crippen molar-refractivity contribution >= 4 is 0 Å². The van der Waals surface area contributed by atoms with Crippen molar-refractivity contribution in [3.63, 3.8) is 0 Å². The zero-order chi connectivity index (χ0) is 20.5. The van der Waals surface area contributed by atoms with Crippen molar-refractivity contribution < 1.29 is 14.9 Å². The van der Waals surface area contributed by atoms with Crippen molar-refractivity contribution in [2.75, 3.05) is 32.8 Å². The highest BCUT2D eigenvalue weighted by atomic mass is 16.5. The Morgan fingerprint density at radius 3 is 2.79 bits per heavy atom. The van der Waals surface area contributed by atoms with Gasteiger partial charge in [0.05, 0.1) is 25.4 Å². The van der Waals surface area contributed by atoms with Gasteiger partial charge in [-0.1, -0.05) is 56.4 Å². The molecule has 4 nitrogen and oxygen atoms in total. The minimum atomic E-state index is -0.363. The minimum absolute atomic E-state index is 0.201. The van der Waals surface area contributed by atoms with E-state index in [0.29, 0.717) is 11.8 Å². The van der Waals surface area contributed by atoms with E-state index in [4.69, 9.17) is 4.74 Å². The number of allylic oxidation sites excluding steroid dienone is 1. The fourth-order valence-electron chi connectivity index (χ4n) is 5.53. The molecule has 166 valence electrons. The Morgan fingerprint density at radius 2 is 2.00 bits per heavy atom. The van der Waals surface area contributed by atoms with Crippen LogP contribution in [0.15, 0.2) is 23.8 Å². The molecule has 4 heteroatoms. The van der Waals surface area contributed by atoms with Crippen LogP contribution in [0.25, 0.3) is 0 Å². The molecule has 0 bridgehead atoms. The first kappa shape index (κ1) is 23.0. The van der Waals surface area contributed by atoms with E-state index in [2.05, 4.69) is 24.0 Å². The van der Waals surface area contributed by atoms with Gasteiger partial charge in [0, 0.05) is 12.5 Å². The Hall–Kier alpha value is -0.680. The molecule has 3 rings (SSSR count).